The van der Waals surface area contributed by atoms with Crippen LogP contribution in [0.15, 0.2) is 30.3 Å². The molecule has 190 valence electrons. The molecular weight excluding hydrogens is 436 g/mol. The number of unbranched alkanes of at least 4 members (excludes halogenated alkanes) is 2. The van der Waals surface area contributed by atoms with Gasteiger partial charge in [0, 0.05) is 13.1 Å². The monoisotopic (exact) mass is 476 g/mol. The van der Waals surface area contributed by atoms with E-state index in [1.165, 1.54) is 4.90 Å². The normalized spacial score (nSPS) is 12.9. The van der Waals surface area contributed by atoms with Crippen molar-refractivity contribution in [2.24, 2.45) is 5.73 Å². The van der Waals surface area contributed by atoms with Gasteiger partial charge in [0.15, 0.2) is 0 Å². The van der Waals surface area contributed by atoms with Crippen molar-refractivity contribution in [3.8, 4) is 0 Å². The van der Waals surface area contributed by atoms with Gasteiger partial charge in [-0.05, 0) is 39.2 Å². The highest BCUT2D eigenvalue weighted by atomic mass is 16.6. The summed E-state index contributed by atoms with van der Waals surface area (Å²) in [6.07, 6.45) is 1.87. The molecule has 9 heteroatoms. The molecule has 0 heterocycles. The van der Waals surface area contributed by atoms with Gasteiger partial charge in [0.1, 0.15) is 17.7 Å². The summed E-state index contributed by atoms with van der Waals surface area (Å²) < 4.78 is 5.27. The van der Waals surface area contributed by atoms with E-state index in [4.69, 9.17) is 10.5 Å². The van der Waals surface area contributed by atoms with Gasteiger partial charge in [0.25, 0.3) is 0 Å². The number of nitrogens with zero attached hydrogens (tertiary/aromatic N) is 1. The average Bonchev–Trinajstić information content (AvgIpc) is 2.74. The minimum Gasteiger partial charge on any atom is -0.444 e. The van der Waals surface area contributed by atoms with Gasteiger partial charge >= 0.3 is 6.09 Å². The third kappa shape index (κ3) is 10.2. The first kappa shape index (κ1) is 28.9. The van der Waals surface area contributed by atoms with E-state index in [-0.39, 0.29) is 12.5 Å². The summed E-state index contributed by atoms with van der Waals surface area (Å²) in [6.45, 7) is 9.82. The lowest BCUT2D eigenvalue weighted by molar-refractivity contribution is -0.143. The van der Waals surface area contributed by atoms with Crippen LogP contribution in [-0.2, 0) is 19.1 Å². The molecule has 1 aromatic rings. The Kier molecular flexibility index (Phi) is 12.1. The zero-order valence-electron chi connectivity index (χ0n) is 21.1. The largest absolute Gasteiger partial charge is 0.444 e. The molecule has 0 fully saturated rings. The van der Waals surface area contributed by atoms with Gasteiger partial charge in [0.2, 0.25) is 17.7 Å². The van der Waals surface area contributed by atoms with Crippen LogP contribution in [0.5, 0.6) is 0 Å². The number of rotatable bonds is 13. The van der Waals surface area contributed by atoms with E-state index < -0.39 is 42.0 Å². The second kappa shape index (κ2) is 14.2. The molecule has 4 N–H and O–H groups in total. The first-order valence-corrected chi connectivity index (χ1v) is 11.9. The molecular formula is C25H40N4O5. The molecule has 0 aromatic heterocycles. The van der Waals surface area contributed by atoms with Crippen LogP contribution < -0.4 is 16.4 Å². The predicted molar refractivity (Wildman–Crippen MR) is 131 cm³/mol. The van der Waals surface area contributed by atoms with Crippen molar-refractivity contribution in [1.82, 2.24) is 15.5 Å². The lowest BCUT2D eigenvalue weighted by Gasteiger charge is -2.34. The fourth-order valence-corrected chi connectivity index (χ4v) is 3.34. The van der Waals surface area contributed by atoms with Gasteiger partial charge in [-0.15, -0.1) is 0 Å². The fourth-order valence-electron chi connectivity index (χ4n) is 3.34. The van der Waals surface area contributed by atoms with Crippen molar-refractivity contribution in [2.75, 3.05) is 13.1 Å². The number of amides is 4. The predicted octanol–water partition coefficient (Wildman–Crippen LogP) is 3.04. The summed E-state index contributed by atoms with van der Waals surface area (Å²) in [5.74, 6) is -1.65. The van der Waals surface area contributed by atoms with Gasteiger partial charge in [-0.1, -0.05) is 57.0 Å². The molecule has 2 unspecified atom stereocenters. The Morgan fingerprint density at radius 3 is 2.18 bits per heavy atom. The Labute approximate surface area is 202 Å². The van der Waals surface area contributed by atoms with Crippen LogP contribution in [0, 0.1) is 0 Å². The van der Waals surface area contributed by atoms with Crippen LogP contribution in [-0.4, -0.2) is 53.4 Å². The van der Waals surface area contributed by atoms with Gasteiger partial charge < -0.3 is 26.0 Å². The average molecular weight is 477 g/mol. The number of hydrogen-bond donors (Lipinski definition) is 3. The van der Waals surface area contributed by atoms with Crippen molar-refractivity contribution >= 4 is 23.8 Å². The molecule has 0 aliphatic heterocycles. The molecule has 0 aliphatic carbocycles. The first-order valence-electron chi connectivity index (χ1n) is 11.9. The highest BCUT2D eigenvalue weighted by Crippen LogP contribution is 2.24. The van der Waals surface area contributed by atoms with E-state index in [1.54, 1.807) is 45.0 Å². The quantitative estimate of drug-likeness (QED) is 0.377. The lowest BCUT2D eigenvalue weighted by atomic mass is 10.0. The second-order valence-corrected chi connectivity index (χ2v) is 9.21. The summed E-state index contributed by atoms with van der Waals surface area (Å²) >= 11 is 0. The maximum atomic E-state index is 13.7. The molecule has 4 amide bonds. The summed E-state index contributed by atoms with van der Waals surface area (Å²) in [6, 6.07) is 6.79. The van der Waals surface area contributed by atoms with Crippen LogP contribution >= 0.6 is 0 Å². The topological polar surface area (TPSA) is 131 Å². The number of hydrogen-bond acceptors (Lipinski definition) is 5. The van der Waals surface area contributed by atoms with Crippen molar-refractivity contribution in [3.05, 3.63) is 35.9 Å². The van der Waals surface area contributed by atoms with Crippen molar-refractivity contribution in [2.45, 2.75) is 84.4 Å². The van der Waals surface area contributed by atoms with E-state index in [9.17, 15) is 19.2 Å². The zero-order valence-corrected chi connectivity index (χ0v) is 21.1. The van der Waals surface area contributed by atoms with Crippen molar-refractivity contribution in [1.29, 1.82) is 0 Å². The third-order valence-corrected chi connectivity index (χ3v) is 4.93. The smallest absolute Gasteiger partial charge is 0.408 e. The molecule has 0 saturated carbocycles. The molecule has 0 radical (unpaired) electrons. The molecule has 0 aliphatic rings. The second-order valence-electron chi connectivity index (χ2n) is 9.21. The Morgan fingerprint density at radius 2 is 1.65 bits per heavy atom. The zero-order chi connectivity index (χ0) is 25.7. The number of carbonyl (C=O) groups excluding carboxylic acids is 4. The SMILES string of the molecule is CCCCNC(=O)C(c1ccccc1)N(CCCC)C(=O)C(CC(N)=O)NC(=O)OC(C)(C)C. The minimum atomic E-state index is -1.26. The van der Waals surface area contributed by atoms with Crippen LogP contribution in [0.3, 0.4) is 0 Å². The van der Waals surface area contributed by atoms with Crippen LogP contribution in [0.1, 0.15) is 78.3 Å². The first-order chi connectivity index (χ1) is 16.0. The molecule has 9 nitrogen and oxygen atoms in total. The van der Waals surface area contributed by atoms with Crippen molar-refractivity contribution < 1.29 is 23.9 Å². The van der Waals surface area contributed by atoms with E-state index in [0.717, 1.165) is 19.3 Å². The van der Waals surface area contributed by atoms with Gasteiger partial charge in [-0.3, -0.25) is 14.4 Å². The highest BCUT2D eigenvalue weighted by Gasteiger charge is 2.36. The van der Waals surface area contributed by atoms with Crippen LogP contribution in [0.2, 0.25) is 0 Å². The van der Waals surface area contributed by atoms with E-state index in [1.807, 2.05) is 19.9 Å². The summed E-state index contributed by atoms with van der Waals surface area (Å²) in [7, 11) is 0. The molecule has 34 heavy (non-hydrogen) atoms. The van der Waals surface area contributed by atoms with Gasteiger partial charge in [-0.25, -0.2) is 4.79 Å². The van der Waals surface area contributed by atoms with E-state index >= 15 is 0 Å². The maximum absolute atomic E-state index is 13.7. The molecule has 0 saturated heterocycles. The fraction of sp³-hybridized carbons (Fsp3) is 0.600. The number of nitrogens with one attached hydrogen (secondary N) is 2. The number of ether oxygens (including phenoxy) is 1. The molecule has 1 rings (SSSR count). The maximum Gasteiger partial charge on any atom is 0.408 e. The number of alkyl carbamates (subject to hydrolysis) is 1. The minimum absolute atomic E-state index is 0.265. The van der Waals surface area contributed by atoms with E-state index in [2.05, 4.69) is 10.6 Å². The lowest BCUT2D eigenvalue weighted by Crippen LogP contribution is -2.54. The van der Waals surface area contributed by atoms with Gasteiger partial charge in [0.05, 0.1) is 6.42 Å². The third-order valence-electron chi connectivity index (χ3n) is 4.93. The van der Waals surface area contributed by atoms with E-state index in [0.29, 0.717) is 18.5 Å². The Hall–Kier alpha value is -3.10. The van der Waals surface area contributed by atoms with Crippen LogP contribution in [0.25, 0.3) is 0 Å². The van der Waals surface area contributed by atoms with Crippen LogP contribution in [0.4, 0.5) is 4.79 Å². The molecule has 0 spiro atoms. The number of nitrogens with two attached hydrogens (primary N) is 1. The number of primary amides is 1. The molecule has 1 aromatic carbocycles. The summed E-state index contributed by atoms with van der Waals surface area (Å²) in [4.78, 5) is 52.5. The molecule has 2 atom stereocenters. The standard InChI is InChI=1S/C25H40N4O5/c1-6-8-15-27-22(31)21(18-13-11-10-12-14-18)29(16-9-7-2)23(32)19(17-20(26)30)28-24(33)34-25(3,4)5/h10-14,19,21H,6-9,15-17H2,1-5H3,(H2,26,30)(H,27,31)(H,28,33). The summed E-state index contributed by atoms with van der Waals surface area (Å²) in [5, 5.41) is 5.38. The summed E-state index contributed by atoms with van der Waals surface area (Å²) in [5.41, 5.74) is 5.22. The Balaban J connectivity index is 3.35. The molecule has 0 bridgehead atoms. The number of benzene rings is 1. The van der Waals surface area contributed by atoms with Gasteiger partial charge in [-0.2, -0.15) is 0 Å². The Bertz CT molecular complexity index is 807. The van der Waals surface area contributed by atoms with Crippen molar-refractivity contribution in [3.63, 3.8) is 0 Å². The number of carbonyl (C=O) groups is 4. The highest BCUT2D eigenvalue weighted by molar-refractivity contribution is 5.94. The Morgan fingerprint density at radius 1 is 1.03 bits per heavy atom.